The van der Waals surface area contributed by atoms with Crippen LogP contribution in [0.4, 0.5) is 5.69 Å². The summed E-state index contributed by atoms with van der Waals surface area (Å²) in [5.41, 5.74) is 5.40. The van der Waals surface area contributed by atoms with Crippen molar-refractivity contribution in [2.45, 2.75) is 59.0 Å². The second kappa shape index (κ2) is 11.4. The molecule has 1 fully saturated rings. The standard InChI is InChI=1S/C32H37N5O2/c1-7-37-14-8-9-29(37)36(6)31(39)24-12-10-23(11-13-24)28-18-27(20-34-21(28)2)35-30(38)25-15-22(19-33)16-26(17-25)32(3,4)5/h10-13,15-18,20,29H,7-9,14H2,1-6H3,(H,35,38)/t29-/m0/s1. The van der Waals surface area contributed by atoms with Gasteiger partial charge in [-0.2, -0.15) is 5.26 Å². The van der Waals surface area contributed by atoms with E-state index in [1.54, 1.807) is 12.3 Å². The Morgan fingerprint density at radius 2 is 1.85 bits per heavy atom. The molecule has 1 aliphatic rings. The molecule has 7 heteroatoms. The Hall–Kier alpha value is -4.02. The van der Waals surface area contributed by atoms with E-state index in [0.717, 1.165) is 48.3 Å². The number of pyridine rings is 1. The third-order valence-electron chi connectivity index (χ3n) is 7.48. The molecule has 2 amide bonds. The van der Waals surface area contributed by atoms with Gasteiger partial charge >= 0.3 is 0 Å². The van der Waals surface area contributed by atoms with E-state index >= 15 is 0 Å². The third kappa shape index (κ3) is 6.18. The lowest BCUT2D eigenvalue weighted by Crippen LogP contribution is -2.45. The van der Waals surface area contributed by atoms with Crippen molar-refractivity contribution in [3.05, 3.63) is 82.7 Å². The Morgan fingerprint density at radius 1 is 1.13 bits per heavy atom. The van der Waals surface area contributed by atoms with Gasteiger partial charge in [-0.15, -0.1) is 0 Å². The fourth-order valence-electron chi connectivity index (χ4n) is 5.10. The average Bonchev–Trinajstić information content (AvgIpc) is 3.41. The highest BCUT2D eigenvalue weighted by Crippen LogP contribution is 2.28. The first-order valence-corrected chi connectivity index (χ1v) is 13.5. The number of carbonyl (C=O) groups is 2. The van der Waals surface area contributed by atoms with Crippen LogP contribution in [0.3, 0.4) is 0 Å². The zero-order valence-electron chi connectivity index (χ0n) is 23.7. The molecule has 0 radical (unpaired) electrons. The first-order valence-electron chi connectivity index (χ1n) is 13.5. The summed E-state index contributed by atoms with van der Waals surface area (Å²) in [5, 5.41) is 12.4. The Morgan fingerprint density at radius 3 is 2.49 bits per heavy atom. The molecular formula is C32H37N5O2. The maximum Gasteiger partial charge on any atom is 0.255 e. The number of nitrogens with zero attached hydrogens (tertiary/aromatic N) is 4. The molecule has 0 aliphatic carbocycles. The lowest BCUT2D eigenvalue weighted by Gasteiger charge is -2.31. The van der Waals surface area contributed by atoms with Crippen molar-refractivity contribution >= 4 is 17.5 Å². The Bertz CT molecular complexity index is 1420. The van der Waals surface area contributed by atoms with E-state index in [0.29, 0.717) is 22.4 Å². The van der Waals surface area contributed by atoms with Crippen molar-refractivity contribution in [2.24, 2.45) is 0 Å². The first kappa shape index (κ1) is 28.0. The largest absolute Gasteiger partial charge is 0.326 e. The van der Waals surface area contributed by atoms with Crippen LogP contribution in [-0.4, -0.2) is 52.9 Å². The van der Waals surface area contributed by atoms with Gasteiger partial charge in [-0.25, -0.2) is 0 Å². The van der Waals surface area contributed by atoms with Gasteiger partial charge in [-0.1, -0.05) is 39.8 Å². The molecule has 39 heavy (non-hydrogen) atoms. The van der Waals surface area contributed by atoms with E-state index in [1.165, 1.54) is 0 Å². The zero-order chi connectivity index (χ0) is 28.3. The fraction of sp³-hybridized carbons (Fsp3) is 0.375. The lowest BCUT2D eigenvalue weighted by atomic mass is 9.85. The molecule has 7 nitrogen and oxygen atoms in total. The molecule has 1 aromatic heterocycles. The summed E-state index contributed by atoms with van der Waals surface area (Å²) < 4.78 is 0. The highest BCUT2D eigenvalue weighted by Gasteiger charge is 2.29. The van der Waals surface area contributed by atoms with Crippen molar-refractivity contribution in [1.29, 1.82) is 5.26 Å². The monoisotopic (exact) mass is 523 g/mol. The van der Waals surface area contributed by atoms with Crippen molar-refractivity contribution in [3.8, 4) is 17.2 Å². The van der Waals surface area contributed by atoms with Crippen molar-refractivity contribution in [3.63, 3.8) is 0 Å². The van der Waals surface area contributed by atoms with E-state index in [-0.39, 0.29) is 23.4 Å². The van der Waals surface area contributed by atoms with Crippen LogP contribution in [0.1, 0.15) is 78.1 Å². The van der Waals surface area contributed by atoms with Crippen molar-refractivity contribution in [2.75, 3.05) is 25.5 Å². The number of nitrogens with one attached hydrogen (secondary N) is 1. The molecule has 1 saturated heterocycles. The molecule has 4 rings (SSSR count). The minimum absolute atomic E-state index is 0.0111. The normalized spacial score (nSPS) is 15.6. The number of amides is 2. The van der Waals surface area contributed by atoms with Crippen LogP contribution in [0.5, 0.6) is 0 Å². The van der Waals surface area contributed by atoms with Crippen LogP contribution in [0, 0.1) is 18.3 Å². The second-order valence-corrected chi connectivity index (χ2v) is 11.2. The van der Waals surface area contributed by atoms with Gasteiger partial charge in [0.05, 0.1) is 29.7 Å². The second-order valence-electron chi connectivity index (χ2n) is 11.2. The lowest BCUT2D eigenvalue weighted by molar-refractivity contribution is 0.0547. The number of nitriles is 1. The highest BCUT2D eigenvalue weighted by atomic mass is 16.2. The van der Waals surface area contributed by atoms with Crippen LogP contribution >= 0.6 is 0 Å². The number of anilines is 1. The third-order valence-corrected chi connectivity index (χ3v) is 7.48. The van der Waals surface area contributed by atoms with Crippen LogP contribution in [-0.2, 0) is 5.41 Å². The molecule has 0 unspecified atom stereocenters. The van der Waals surface area contributed by atoms with E-state index < -0.39 is 0 Å². The number of aromatic nitrogens is 1. The molecule has 1 N–H and O–H groups in total. The predicted molar refractivity (Wildman–Crippen MR) is 155 cm³/mol. The van der Waals surface area contributed by atoms with Crippen molar-refractivity contribution in [1.82, 2.24) is 14.8 Å². The zero-order valence-corrected chi connectivity index (χ0v) is 23.7. The van der Waals surface area contributed by atoms with Crippen LogP contribution in [0.15, 0.2) is 54.7 Å². The smallest absolute Gasteiger partial charge is 0.255 e. The average molecular weight is 524 g/mol. The molecule has 1 aliphatic heterocycles. The number of likely N-dealkylation sites (tertiary alicyclic amines) is 1. The first-order chi connectivity index (χ1) is 18.5. The van der Waals surface area contributed by atoms with Crippen LogP contribution in [0.2, 0.25) is 0 Å². The Labute approximate surface area is 231 Å². The number of carbonyl (C=O) groups excluding carboxylic acids is 2. The summed E-state index contributed by atoms with van der Waals surface area (Å²) in [7, 11) is 1.88. The van der Waals surface area contributed by atoms with E-state index in [2.05, 4.69) is 28.2 Å². The van der Waals surface area contributed by atoms with Gasteiger partial charge in [0, 0.05) is 36.0 Å². The Balaban J connectivity index is 1.54. The SMILES string of the molecule is CCN1CCC[C@H]1N(C)C(=O)c1ccc(-c2cc(NC(=O)c3cc(C#N)cc(C(C)(C)C)c3)cnc2C)cc1. The van der Waals surface area contributed by atoms with Gasteiger partial charge < -0.3 is 10.2 Å². The van der Waals surface area contributed by atoms with Gasteiger partial charge in [-0.3, -0.25) is 19.5 Å². The van der Waals surface area contributed by atoms with E-state index in [4.69, 9.17) is 0 Å². The maximum absolute atomic E-state index is 13.2. The minimum Gasteiger partial charge on any atom is -0.326 e. The van der Waals surface area contributed by atoms with Crippen molar-refractivity contribution < 1.29 is 9.59 Å². The Kier molecular flexibility index (Phi) is 8.17. The summed E-state index contributed by atoms with van der Waals surface area (Å²) >= 11 is 0. The number of hydrogen-bond donors (Lipinski definition) is 1. The molecule has 3 aromatic rings. The number of hydrogen-bond acceptors (Lipinski definition) is 5. The molecule has 1 atom stereocenters. The summed E-state index contributed by atoms with van der Waals surface area (Å²) in [4.78, 5) is 35.0. The number of benzene rings is 2. The molecule has 0 bridgehead atoms. The minimum atomic E-state index is -0.300. The highest BCUT2D eigenvalue weighted by molar-refractivity contribution is 6.05. The van der Waals surface area contributed by atoms with Gasteiger partial charge in [-0.05, 0) is 79.3 Å². The maximum atomic E-state index is 13.2. The quantitative estimate of drug-likeness (QED) is 0.429. The molecule has 2 aromatic carbocycles. The number of rotatable bonds is 6. The molecule has 0 saturated carbocycles. The fourth-order valence-corrected chi connectivity index (χ4v) is 5.10. The van der Waals surface area contributed by atoms with E-state index in [1.807, 2.05) is 82.1 Å². The van der Waals surface area contributed by atoms with Crippen LogP contribution < -0.4 is 5.32 Å². The topological polar surface area (TPSA) is 89.3 Å². The van der Waals surface area contributed by atoms with E-state index in [9.17, 15) is 14.9 Å². The predicted octanol–water partition coefficient (Wildman–Crippen LogP) is 5.99. The summed E-state index contributed by atoms with van der Waals surface area (Å²) in [5.74, 6) is -0.289. The van der Waals surface area contributed by atoms with Gasteiger partial charge in [0.15, 0.2) is 0 Å². The molecule has 202 valence electrons. The van der Waals surface area contributed by atoms with Crippen LogP contribution in [0.25, 0.3) is 11.1 Å². The van der Waals surface area contributed by atoms with Gasteiger partial charge in [0.25, 0.3) is 11.8 Å². The summed E-state index contributed by atoms with van der Waals surface area (Å²) in [6.07, 6.45) is 3.87. The van der Waals surface area contributed by atoms with Gasteiger partial charge in [0.1, 0.15) is 0 Å². The molecular weight excluding hydrogens is 486 g/mol. The number of aryl methyl sites for hydroxylation is 1. The molecule has 2 heterocycles. The summed E-state index contributed by atoms with van der Waals surface area (Å²) in [6, 6.07) is 16.9. The van der Waals surface area contributed by atoms with Gasteiger partial charge in [0.2, 0.25) is 0 Å². The molecule has 0 spiro atoms. The summed E-state index contributed by atoms with van der Waals surface area (Å²) in [6.45, 7) is 12.1.